The molecule has 0 saturated carbocycles. The van der Waals surface area contributed by atoms with Crippen LogP contribution in [-0.4, -0.2) is 75.1 Å². The number of hydrogen-bond donors (Lipinski definition) is 3. The average Bonchev–Trinajstić information content (AvgIpc) is 3.18. The highest BCUT2D eigenvalue weighted by Gasteiger charge is 2.47. The Kier molecular flexibility index (Phi) is 9.76. The Morgan fingerprint density at radius 2 is 1.65 bits per heavy atom. The van der Waals surface area contributed by atoms with Crippen LogP contribution in [0.3, 0.4) is 0 Å². The van der Waals surface area contributed by atoms with Crippen molar-refractivity contribution >= 4 is 29.5 Å². The summed E-state index contributed by atoms with van der Waals surface area (Å²) in [6.45, 7) is 8.82. The van der Waals surface area contributed by atoms with Gasteiger partial charge in [-0.3, -0.25) is 24.1 Å². The van der Waals surface area contributed by atoms with Gasteiger partial charge in [0, 0.05) is 19.0 Å². The van der Waals surface area contributed by atoms with Gasteiger partial charge in [0.05, 0.1) is 6.04 Å². The molecule has 176 valence electrons. The third-order valence-corrected chi connectivity index (χ3v) is 5.66. The first-order valence-corrected chi connectivity index (χ1v) is 10.8. The summed E-state index contributed by atoms with van der Waals surface area (Å²) >= 11 is 0. The first kappa shape index (κ1) is 26.7. The molecule has 3 amide bonds. The maximum atomic E-state index is 13.5. The van der Waals surface area contributed by atoms with E-state index in [1.54, 1.807) is 34.6 Å². The Hall–Kier alpha value is -2.33. The molecule has 31 heavy (non-hydrogen) atoms. The molecule has 0 aromatic carbocycles. The summed E-state index contributed by atoms with van der Waals surface area (Å²) in [6, 6.07) is -4.73. The van der Waals surface area contributed by atoms with Crippen molar-refractivity contribution in [2.24, 2.45) is 23.3 Å². The zero-order chi connectivity index (χ0) is 24.0. The molecule has 0 aliphatic carbocycles. The lowest BCUT2D eigenvalue weighted by atomic mass is 9.94. The monoisotopic (exact) mass is 440 g/mol. The molecule has 0 spiro atoms. The summed E-state index contributed by atoms with van der Waals surface area (Å²) in [5.74, 6) is -5.47. The molecule has 1 unspecified atom stereocenters. The zero-order valence-electron chi connectivity index (χ0n) is 19.0. The van der Waals surface area contributed by atoms with Crippen LogP contribution in [0.2, 0.25) is 0 Å². The summed E-state index contributed by atoms with van der Waals surface area (Å²) in [4.78, 5) is 65.4. The Balaban J connectivity index is 3.41. The quantitative estimate of drug-likeness (QED) is 0.403. The van der Waals surface area contributed by atoms with Crippen LogP contribution in [0.25, 0.3) is 0 Å². The van der Waals surface area contributed by atoms with E-state index in [1.165, 1.54) is 4.90 Å². The highest BCUT2D eigenvalue weighted by molar-refractivity contribution is 6.39. The number of carboxylic acid groups (broad SMARTS) is 1. The normalized spacial score (nSPS) is 19.3. The number of ketones is 1. The van der Waals surface area contributed by atoms with Crippen LogP contribution in [0.4, 0.5) is 0 Å². The van der Waals surface area contributed by atoms with Crippen LogP contribution in [0, 0.1) is 11.8 Å². The van der Waals surface area contributed by atoms with Crippen LogP contribution in [0.5, 0.6) is 0 Å². The second kappa shape index (κ2) is 11.3. The molecule has 0 aromatic heterocycles. The minimum absolute atomic E-state index is 0.128. The second-order valence-corrected chi connectivity index (χ2v) is 8.75. The number of Topliss-reactive ketones (excluding diaryl/α,β-unsaturated/α-hetero) is 1. The fourth-order valence-electron chi connectivity index (χ4n) is 3.57. The van der Waals surface area contributed by atoms with Crippen LogP contribution in [-0.2, 0) is 24.0 Å². The molecule has 10 heteroatoms. The van der Waals surface area contributed by atoms with E-state index in [9.17, 15) is 29.1 Å². The number of rotatable bonds is 10. The minimum atomic E-state index is -1.72. The lowest BCUT2D eigenvalue weighted by Gasteiger charge is -2.36. The third-order valence-electron chi connectivity index (χ3n) is 5.66. The number of hydrogen-bond acceptors (Lipinski definition) is 7. The number of nitrogens with zero attached hydrogens (tertiary/aromatic N) is 2. The predicted molar refractivity (Wildman–Crippen MR) is 114 cm³/mol. The van der Waals surface area contributed by atoms with Gasteiger partial charge in [-0.15, -0.1) is 0 Å². The summed E-state index contributed by atoms with van der Waals surface area (Å²) in [5.41, 5.74) is 12.0. The molecular weight excluding hydrogens is 404 g/mol. The Morgan fingerprint density at radius 3 is 2.10 bits per heavy atom. The van der Waals surface area contributed by atoms with E-state index in [0.29, 0.717) is 17.7 Å². The first-order chi connectivity index (χ1) is 14.4. The second-order valence-electron chi connectivity index (χ2n) is 8.75. The Labute approximate surface area is 183 Å². The largest absolute Gasteiger partial charge is 0.480 e. The fourth-order valence-corrected chi connectivity index (χ4v) is 3.57. The molecule has 1 rings (SSSR count). The molecule has 10 nitrogen and oxygen atoms in total. The fraction of sp³-hybridized carbons (Fsp3) is 0.762. The first-order valence-electron chi connectivity index (χ1n) is 10.8. The molecule has 1 heterocycles. The lowest BCUT2D eigenvalue weighted by molar-refractivity contribution is -0.164. The van der Waals surface area contributed by atoms with E-state index >= 15 is 0 Å². The van der Waals surface area contributed by atoms with Gasteiger partial charge in [-0.2, -0.15) is 0 Å². The van der Waals surface area contributed by atoms with E-state index in [-0.39, 0.29) is 31.2 Å². The molecule has 1 saturated heterocycles. The van der Waals surface area contributed by atoms with Gasteiger partial charge >= 0.3 is 5.97 Å². The molecule has 0 radical (unpaired) electrons. The third kappa shape index (κ3) is 6.10. The van der Waals surface area contributed by atoms with Gasteiger partial charge in [0.2, 0.25) is 11.7 Å². The van der Waals surface area contributed by atoms with Crippen molar-refractivity contribution in [3.8, 4) is 0 Å². The molecule has 1 aliphatic rings. The topological polar surface area (TPSA) is 164 Å². The lowest BCUT2D eigenvalue weighted by Crippen LogP contribution is -2.63. The Bertz CT molecular complexity index is 708. The number of carboxylic acids is 1. The van der Waals surface area contributed by atoms with Crippen LogP contribution in [0.1, 0.15) is 60.3 Å². The zero-order valence-corrected chi connectivity index (χ0v) is 19.0. The average molecular weight is 441 g/mol. The smallest absolute Gasteiger partial charge is 0.328 e. The van der Waals surface area contributed by atoms with Gasteiger partial charge in [-0.25, -0.2) is 4.79 Å². The van der Waals surface area contributed by atoms with Crippen molar-refractivity contribution in [2.45, 2.75) is 84.5 Å². The number of carbonyl (C=O) groups excluding carboxylic acids is 4. The van der Waals surface area contributed by atoms with Gasteiger partial charge in [0.15, 0.2) is 6.04 Å². The Morgan fingerprint density at radius 1 is 1.06 bits per heavy atom. The molecule has 5 N–H and O–H groups in total. The summed E-state index contributed by atoms with van der Waals surface area (Å²) in [6.07, 6.45) is 0.964. The van der Waals surface area contributed by atoms with Crippen LogP contribution < -0.4 is 11.5 Å². The standard InChI is InChI=1S/C21H36N4O6/c1-6-8-14(26)19(28)25(17(21(30)31)15(22)11(2)3)18(27)13-9-7-10-24(13)20(29)16(23)12(4)5/h11-13,15-17H,6-10,22-23H2,1-5H3,(H,30,31)/t13-,15?,16-,17+/m0/s1. The number of nitrogens with two attached hydrogens (primary N) is 2. The SMILES string of the molecule is CCCC(=O)C(=O)N(C(=O)[C@@H]1CCCN1C(=O)[C@@H](N)C(C)C)[C@@H](C(=O)O)C(N)C(C)C. The number of imide groups is 1. The van der Waals surface area contributed by atoms with Crippen LogP contribution >= 0.6 is 0 Å². The van der Waals surface area contributed by atoms with E-state index in [2.05, 4.69) is 0 Å². The van der Waals surface area contributed by atoms with E-state index in [4.69, 9.17) is 11.5 Å². The van der Waals surface area contributed by atoms with Crippen molar-refractivity contribution in [1.82, 2.24) is 9.80 Å². The number of likely N-dealkylation sites (tertiary alicyclic amines) is 1. The molecular formula is C21H36N4O6. The maximum Gasteiger partial charge on any atom is 0.328 e. The molecule has 0 bridgehead atoms. The highest BCUT2D eigenvalue weighted by Crippen LogP contribution is 2.24. The number of carbonyl (C=O) groups is 5. The van der Waals surface area contributed by atoms with Crippen molar-refractivity contribution in [2.75, 3.05) is 6.54 Å². The molecule has 1 fully saturated rings. The van der Waals surface area contributed by atoms with Crippen molar-refractivity contribution in [1.29, 1.82) is 0 Å². The predicted octanol–water partition coefficient (Wildman–Crippen LogP) is 0.122. The van der Waals surface area contributed by atoms with Crippen molar-refractivity contribution < 1.29 is 29.1 Å². The number of aliphatic carboxylic acids is 1. The highest BCUT2D eigenvalue weighted by atomic mass is 16.4. The van der Waals surface area contributed by atoms with E-state index in [0.717, 1.165) is 0 Å². The molecule has 4 atom stereocenters. The summed E-state index contributed by atoms with van der Waals surface area (Å²) < 4.78 is 0. The summed E-state index contributed by atoms with van der Waals surface area (Å²) in [7, 11) is 0. The van der Waals surface area contributed by atoms with Gasteiger partial charge in [-0.05, 0) is 31.1 Å². The van der Waals surface area contributed by atoms with Crippen LogP contribution in [0.15, 0.2) is 0 Å². The van der Waals surface area contributed by atoms with Crippen molar-refractivity contribution in [3.63, 3.8) is 0 Å². The van der Waals surface area contributed by atoms with E-state index in [1.807, 2.05) is 0 Å². The maximum absolute atomic E-state index is 13.5. The van der Waals surface area contributed by atoms with Gasteiger partial charge in [-0.1, -0.05) is 34.6 Å². The molecule has 1 aliphatic heterocycles. The van der Waals surface area contributed by atoms with Gasteiger partial charge in [0.1, 0.15) is 6.04 Å². The van der Waals surface area contributed by atoms with Gasteiger partial charge in [0.25, 0.3) is 11.8 Å². The van der Waals surface area contributed by atoms with E-state index < -0.39 is 53.6 Å². The number of amides is 3. The minimum Gasteiger partial charge on any atom is -0.480 e. The molecule has 0 aromatic rings. The van der Waals surface area contributed by atoms with Crippen molar-refractivity contribution in [3.05, 3.63) is 0 Å². The summed E-state index contributed by atoms with van der Waals surface area (Å²) in [5, 5.41) is 9.81. The van der Waals surface area contributed by atoms with Gasteiger partial charge < -0.3 is 21.5 Å².